The first-order chi connectivity index (χ1) is 11.4. The molecule has 130 valence electrons. The van der Waals surface area contributed by atoms with Gasteiger partial charge >= 0.3 is 6.61 Å². The molecule has 0 radical (unpaired) electrons. The molecule has 0 aliphatic heterocycles. The zero-order valence-corrected chi connectivity index (χ0v) is 13.6. The maximum atomic E-state index is 12.3. The predicted octanol–water partition coefficient (Wildman–Crippen LogP) is 2.87. The van der Waals surface area contributed by atoms with Crippen LogP contribution in [0.1, 0.15) is 27.4 Å². The molecular weight excluding hydrogens is 322 g/mol. The molecule has 1 heterocycles. The van der Waals surface area contributed by atoms with Crippen LogP contribution in [0.4, 0.5) is 8.78 Å². The van der Waals surface area contributed by atoms with E-state index in [0.29, 0.717) is 30.0 Å². The van der Waals surface area contributed by atoms with Gasteiger partial charge < -0.3 is 19.3 Å². The van der Waals surface area contributed by atoms with E-state index in [1.165, 1.54) is 13.2 Å². The molecule has 0 aliphatic carbocycles. The van der Waals surface area contributed by atoms with Crippen LogP contribution in [0.2, 0.25) is 0 Å². The molecule has 0 unspecified atom stereocenters. The number of hydrogen-bond acceptors (Lipinski definition) is 5. The molecule has 1 N–H and O–H groups in total. The predicted molar refractivity (Wildman–Crippen MR) is 81.6 cm³/mol. The second kappa shape index (κ2) is 7.76. The zero-order valence-electron chi connectivity index (χ0n) is 13.6. The molecule has 2 rings (SSSR count). The second-order valence-corrected chi connectivity index (χ2v) is 5.07. The Balaban J connectivity index is 1.96. The number of rotatable bonds is 7. The van der Waals surface area contributed by atoms with E-state index >= 15 is 0 Å². The first-order valence-electron chi connectivity index (χ1n) is 7.25. The molecule has 1 aromatic carbocycles. The number of methoxy groups -OCH3 is 1. The summed E-state index contributed by atoms with van der Waals surface area (Å²) in [5, 5.41) is 6.50. The van der Waals surface area contributed by atoms with Gasteiger partial charge in [-0.25, -0.2) is 0 Å². The summed E-state index contributed by atoms with van der Waals surface area (Å²) in [6.07, 6.45) is 0.500. The summed E-state index contributed by atoms with van der Waals surface area (Å²) in [4.78, 5) is 12.1. The number of benzene rings is 1. The van der Waals surface area contributed by atoms with Crippen molar-refractivity contribution in [3.05, 3.63) is 40.8 Å². The molecule has 0 bridgehead atoms. The maximum Gasteiger partial charge on any atom is 0.387 e. The molecule has 6 nitrogen and oxygen atoms in total. The van der Waals surface area contributed by atoms with Crippen molar-refractivity contribution >= 4 is 5.91 Å². The standard InChI is InChI=1S/C16H18F2N2O4/c1-9-14(10(2)24-20-9)15(21)19-7-6-11-4-5-12(23-16(17)18)13(8-11)22-3/h4-5,8,16H,6-7H2,1-3H3,(H,19,21). The lowest BCUT2D eigenvalue weighted by Gasteiger charge is -2.11. The number of nitrogens with one attached hydrogen (secondary N) is 1. The van der Waals surface area contributed by atoms with E-state index < -0.39 is 6.61 Å². The quantitative estimate of drug-likeness (QED) is 0.839. The summed E-state index contributed by atoms with van der Waals surface area (Å²) in [6.45, 7) is 0.805. The molecule has 24 heavy (non-hydrogen) atoms. The Hall–Kier alpha value is -2.64. The number of ether oxygens (including phenoxy) is 2. The molecule has 0 atom stereocenters. The number of aryl methyl sites for hydroxylation is 2. The first kappa shape index (κ1) is 17.7. The summed E-state index contributed by atoms with van der Waals surface area (Å²) in [6, 6.07) is 4.65. The van der Waals surface area contributed by atoms with Gasteiger partial charge in [0.15, 0.2) is 11.5 Å². The molecule has 8 heteroatoms. The van der Waals surface area contributed by atoms with Crippen molar-refractivity contribution in [1.82, 2.24) is 10.5 Å². The van der Waals surface area contributed by atoms with Crippen molar-refractivity contribution in [1.29, 1.82) is 0 Å². The fourth-order valence-electron chi connectivity index (χ4n) is 2.28. The van der Waals surface area contributed by atoms with E-state index in [-0.39, 0.29) is 17.4 Å². The third-order valence-electron chi connectivity index (χ3n) is 3.40. The van der Waals surface area contributed by atoms with Gasteiger partial charge in [0.1, 0.15) is 11.3 Å². The van der Waals surface area contributed by atoms with Crippen molar-refractivity contribution in [3.8, 4) is 11.5 Å². The highest BCUT2D eigenvalue weighted by atomic mass is 19.3. The third kappa shape index (κ3) is 4.21. The normalized spacial score (nSPS) is 10.8. The molecule has 0 saturated heterocycles. The Morgan fingerprint density at radius 1 is 1.33 bits per heavy atom. The van der Waals surface area contributed by atoms with E-state index in [1.807, 2.05) is 0 Å². The van der Waals surface area contributed by atoms with Crippen LogP contribution in [-0.4, -0.2) is 31.3 Å². The van der Waals surface area contributed by atoms with Gasteiger partial charge in [0.2, 0.25) is 0 Å². The van der Waals surface area contributed by atoms with Gasteiger partial charge in [-0.15, -0.1) is 0 Å². The van der Waals surface area contributed by atoms with Gasteiger partial charge in [0, 0.05) is 6.54 Å². The topological polar surface area (TPSA) is 73.6 Å². The Kier molecular flexibility index (Phi) is 5.73. The highest BCUT2D eigenvalue weighted by molar-refractivity contribution is 5.96. The lowest BCUT2D eigenvalue weighted by Crippen LogP contribution is -2.26. The molecule has 0 aliphatic rings. The minimum Gasteiger partial charge on any atom is -0.493 e. The summed E-state index contributed by atoms with van der Waals surface area (Å²) in [5.41, 5.74) is 1.76. The van der Waals surface area contributed by atoms with Gasteiger partial charge in [-0.3, -0.25) is 4.79 Å². The minimum absolute atomic E-state index is 0.0315. The average Bonchev–Trinajstić information content (AvgIpc) is 2.87. The SMILES string of the molecule is COc1cc(CCNC(=O)c2c(C)noc2C)ccc1OC(F)F. The maximum absolute atomic E-state index is 12.3. The van der Waals surface area contributed by atoms with Crippen LogP contribution in [0.25, 0.3) is 0 Å². The van der Waals surface area contributed by atoms with Gasteiger partial charge in [0.25, 0.3) is 5.91 Å². The van der Waals surface area contributed by atoms with Gasteiger partial charge in [-0.2, -0.15) is 8.78 Å². The average molecular weight is 340 g/mol. The van der Waals surface area contributed by atoms with Gasteiger partial charge in [-0.1, -0.05) is 11.2 Å². The monoisotopic (exact) mass is 340 g/mol. The van der Waals surface area contributed by atoms with Crippen molar-refractivity contribution in [2.45, 2.75) is 26.9 Å². The summed E-state index contributed by atoms with van der Waals surface area (Å²) in [7, 11) is 1.37. The van der Waals surface area contributed by atoms with Crippen LogP contribution in [0.5, 0.6) is 11.5 Å². The molecular formula is C16H18F2N2O4. The zero-order chi connectivity index (χ0) is 17.7. The number of nitrogens with zero attached hydrogens (tertiary/aromatic N) is 1. The number of halogens is 2. The van der Waals surface area contributed by atoms with E-state index in [1.54, 1.807) is 26.0 Å². The van der Waals surface area contributed by atoms with E-state index in [9.17, 15) is 13.6 Å². The highest BCUT2D eigenvalue weighted by Crippen LogP contribution is 2.29. The molecule has 2 aromatic rings. The van der Waals surface area contributed by atoms with E-state index in [2.05, 4.69) is 15.2 Å². The van der Waals surface area contributed by atoms with Crippen LogP contribution in [0.15, 0.2) is 22.7 Å². The lowest BCUT2D eigenvalue weighted by molar-refractivity contribution is -0.0512. The van der Waals surface area contributed by atoms with Crippen LogP contribution < -0.4 is 14.8 Å². The number of amides is 1. The van der Waals surface area contributed by atoms with Gasteiger partial charge in [0.05, 0.1) is 12.8 Å². The van der Waals surface area contributed by atoms with Crippen molar-refractivity contribution < 1.29 is 27.6 Å². The molecule has 0 fully saturated rings. The van der Waals surface area contributed by atoms with Crippen molar-refractivity contribution in [2.75, 3.05) is 13.7 Å². The van der Waals surface area contributed by atoms with E-state index in [0.717, 1.165) is 5.56 Å². The molecule has 1 amide bonds. The minimum atomic E-state index is -2.92. The number of carbonyl (C=O) groups excluding carboxylic acids is 1. The smallest absolute Gasteiger partial charge is 0.387 e. The number of alkyl halides is 2. The number of hydrogen-bond donors (Lipinski definition) is 1. The van der Waals surface area contributed by atoms with Crippen LogP contribution >= 0.6 is 0 Å². The van der Waals surface area contributed by atoms with Crippen molar-refractivity contribution in [3.63, 3.8) is 0 Å². The summed E-state index contributed by atoms with van der Waals surface area (Å²) in [5.74, 6) is 0.372. The van der Waals surface area contributed by atoms with Gasteiger partial charge in [-0.05, 0) is 38.0 Å². The van der Waals surface area contributed by atoms with Crippen LogP contribution in [0, 0.1) is 13.8 Å². The molecule has 0 saturated carbocycles. The summed E-state index contributed by atoms with van der Waals surface area (Å²) < 4.78 is 38.9. The second-order valence-electron chi connectivity index (χ2n) is 5.07. The Labute approximate surface area is 137 Å². The third-order valence-corrected chi connectivity index (χ3v) is 3.40. The van der Waals surface area contributed by atoms with E-state index in [4.69, 9.17) is 9.26 Å². The Morgan fingerprint density at radius 3 is 2.67 bits per heavy atom. The number of carbonyl (C=O) groups is 1. The Bertz CT molecular complexity index is 697. The Morgan fingerprint density at radius 2 is 2.08 bits per heavy atom. The van der Waals surface area contributed by atoms with Crippen LogP contribution in [0.3, 0.4) is 0 Å². The first-order valence-corrected chi connectivity index (χ1v) is 7.25. The lowest BCUT2D eigenvalue weighted by atomic mass is 10.1. The highest BCUT2D eigenvalue weighted by Gasteiger charge is 2.17. The van der Waals surface area contributed by atoms with Crippen molar-refractivity contribution in [2.24, 2.45) is 0 Å². The molecule has 1 aromatic heterocycles. The fourth-order valence-corrected chi connectivity index (χ4v) is 2.28. The largest absolute Gasteiger partial charge is 0.493 e. The van der Waals surface area contributed by atoms with Crippen LogP contribution in [-0.2, 0) is 6.42 Å². The molecule has 0 spiro atoms. The summed E-state index contributed by atoms with van der Waals surface area (Å²) >= 11 is 0. The fraction of sp³-hybridized carbons (Fsp3) is 0.375. The number of aromatic nitrogens is 1.